The predicted molar refractivity (Wildman–Crippen MR) is 99.3 cm³/mol. The van der Waals surface area contributed by atoms with Gasteiger partial charge in [0.25, 0.3) is 0 Å². The van der Waals surface area contributed by atoms with Crippen molar-refractivity contribution in [3.8, 4) is 0 Å². The van der Waals surface area contributed by atoms with Gasteiger partial charge in [-0.3, -0.25) is 9.89 Å². The Morgan fingerprint density at radius 3 is 2.79 bits per heavy atom. The van der Waals surface area contributed by atoms with Gasteiger partial charge in [0.2, 0.25) is 0 Å². The molecular weight excluding hydrogens is 302 g/mol. The van der Waals surface area contributed by atoms with E-state index in [1.807, 2.05) is 0 Å². The Morgan fingerprint density at radius 1 is 1.42 bits per heavy atom. The number of hydrogen-bond donors (Lipinski definition) is 1. The summed E-state index contributed by atoms with van der Waals surface area (Å²) < 4.78 is 7.57. The summed E-state index contributed by atoms with van der Waals surface area (Å²) in [6.07, 6.45) is 2.08. The summed E-state index contributed by atoms with van der Waals surface area (Å²) in [5.41, 5.74) is 1.28. The molecule has 1 aliphatic heterocycles. The van der Waals surface area contributed by atoms with Crippen LogP contribution < -0.4 is 5.32 Å². The zero-order chi connectivity index (χ0) is 17.4. The van der Waals surface area contributed by atoms with Gasteiger partial charge in [-0.25, -0.2) is 0 Å². The Labute approximate surface area is 146 Å². The fourth-order valence-corrected chi connectivity index (χ4v) is 2.97. The van der Waals surface area contributed by atoms with E-state index in [0.717, 1.165) is 58.4 Å². The first-order valence-electron chi connectivity index (χ1n) is 9.00. The molecule has 1 aliphatic rings. The summed E-state index contributed by atoms with van der Waals surface area (Å²) in [4.78, 5) is 9.52. The number of morpholine rings is 1. The molecule has 6 heteroatoms. The van der Waals surface area contributed by atoms with Gasteiger partial charge < -0.3 is 19.5 Å². The molecule has 0 aromatic carbocycles. The highest BCUT2D eigenvalue weighted by Crippen LogP contribution is 2.06. The molecular formula is C18H33N5O. The topological polar surface area (TPSA) is 45.0 Å². The molecule has 1 aromatic rings. The molecule has 2 rings (SSSR count). The Bertz CT molecular complexity index is 507. The largest absolute Gasteiger partial charge is 0.379 e. The highest BCUT2D eigenvalue weighted by molar-refractivity contribution is 5.79. The lowest BCUT2D eigenvalue weighted by Gasteiger charge is -2.29. The van der Waals surface area contributed by atoms with Gasteiger partial charge in [-0.1, -0.05) is 6.92 Å². The van der Waals surface area contributed by atoms with Gasteiger partial charge in [0.15, 0.2) is 5.96 Å². The molecule has 0 radical (unpaired) electrons. The fourth-order valence-electron chi connectivity index (χ4n) is 2.97. The zero-order valence-electron chi connectivity index (χ0n) is 15.7. The van der Waals surface area contributed by atoms with Crippen LogP contribution >= 0.6 is 0 Å². The van der Waals surface area contributed by atoms with E-state index in [1.165, 1.54) is 5.69 Å². The quantitative estimate of drug-likeness (QED) is 0.604. The minimum atomic E-state index is 0.542. The van der Waals surface area contributed by atoms with Crippen LogP contribution in [0.4, 0.5) is 0 Å². The van der Waals surface area contributed by atoms with Crippen LogP contribution in [-0.4, -0.2) is 73.3 Å². The molecule has 24 heavy (non-hydrogen) atoms. The van der Waals surface area contributed by atoms with Crippen molar-refractivity contribution < 1.29 is 4.74 Å². The number of nitrogens with one attached hydrogen (secondary N) is 1. The van der Waals surface area contributed by atoms with Crippen LogP contribution in [0, 0.1) is 5.92 Å². The van der Waals surface area contributed by atoms with E-state index in [4.69, 9.17) is 9.73 Å². The summed E-state index contributed by atoms with van der Waals surface area (Å²) in [7, 11) is 4.18. The van der Waals surface area contributed by atoms with E-state index in [9.17, 15) is 0 Å². The number of ether oxygens (including phenoxy) is 1. The van der Waals surface area contributed by atoms with Crippen molar-refractivity contribution in [2.75, 3.05) is 53.0 Å². The second-order valence-electron chi connectivity index (χ2n) is 6.68. The van der Waals surface area contributed by atoms with Crippen LogP contribution in [0.1, 0.15) is 19.5 Å². The maximum Gasteiger partial charge on any atom is 0.194 e. The number of aryl methyl sites for hydroxylation is 1. The number of nitrogens with zero attached hydrogens (tertiary/aromatic N) is 4. The molecule has 1 atom stereocenters. The summed E-state index contributed by atoms with van der Waals surface area (Å²) >= 11 is 0. The van der Waals surface area contributed by atoms with Crippen molar-refractivity contribution >= 4 is 5.96 Å². The van der Waals surface area contributed by atoms with Crippen molar-refractivity contribution in [3.05, 3.63) is 24.0 Å². The standard InChI is InChI=1S/C18H33N5O/c1-5-19-18(22(4)15-17-7-6-8-21(17)3)20-13-16(2)14-23-9-11-24-12-10-23/h6-8,16H,5,9-15H2,1-4H3,(H,19,20). The van der Waals surface area contributed by atoms with Crippen LogP contribution in [0.25, 0.3) is 0 Å². The molecule has 1 N–H and O–H groups in total. The minimum absolute atomic E-state index is 0.542. The van der Waals surface area contributed by atoms with Crippen molar-refractivity contribution in [1.82, 2.24) is 19.7 Å². The first-order valence-corrected chi connectivity index (χ1v) is 9.00. The number of aromatic nitrogens is 1. The van der Waals surface area contributed by atoms with Gasteiger partial charge >= 0.3 is 0 Å². The molecule has 2 heterocycles. The van der Waals surface area contributed by atoms with Crippen LogP contribution in [0.15, 0.2) is 23.3 Å². The minimum Gasteiger partial charge on any atom is -0.379 e. The van der Waals surface area contributed by atoms with Gasteiger partial charge in [0.05, 0.1) is 19.8 Å². The monoisotopic (exact) mass is 335 g/mol. The lowest BCUT2D eigenvalue weighted by molar-refractivity contribution is 0.0323. The molecule has 0 bridgehead atoms. The smallest absolute Gasteiger partial charge is 0.194 e. The zero-order valence-corrected chi connectivity index (χ0v) is 15.7. The van der Waals surface area contributed by atoms with E-state index in [2.05, 4.69) is 66.0 Å². The van der Waals surface area contributed by atoms with Crippen LogP contribution in [0.3, 0.4) is 0 Å². The van der Waals surface area contributed by atoms with Crippen molar-refractivity contribution in [2.24, 2.45) is 18.0 Å². The first kappa shape index (κ1) is 18.8. The van der Waals surface area contributed by atoms with Gasteiger partial charge in [0, 0.05) is 58.7 Å². The third-order valence-corrected chi connectivity index (χ3v) is 4.37. The van der Waals surface area contributed by atoms with Gasteiger partial charge in [-0.2, -0.15) is 0 Å². The molecule has 0 saturated carbocycles. The average Bonchev–Trinajstić information content (AvgIpc) is 2.97. The van der Waals surface area contributed by atoms with Crippen LogP contribution in [0.5, 0.6) is 0 Å². The van der Waals surface area contributed by atoms with Crippen molar-refractivity contribution in [1.29, 1.82) is 0 Å². The summed E-state index contributed by atoms with van der Waals surface area (Å²) in [5, 5.41) is 3.41. The van der Waals surface area contributed by atoms with Crippen LogP contribution in [-0.2, 0) is 18.3 Å². The lowest BCUT2D eigenvalue weighted by Crippen LogP contribution is -2.41. The van der Waals surface area contributed by atoms with Gasteiger partial charge in [-0.15, -0.1) is 0 Å². The molecule has 1 unspecified atom stereocenters. The molecule has 1 aromatic heterocycles. The van der Waals surface area contributed by atoms with E-state index in [0.29, 0.717) is 5.92 Å². The second kappa shape index (κ2) is 9.69. The van der Waals surface area contributed by atoms with Gasteiger partial charge in [-0.05, 0) is 25.0 Å². The molecule has 0 amide bonds. The van der Waals surface area contributed by atoms with E-state index >= 15 is 0 Å². The normalized spacial score (nSPS) is 17.8. The predicted octanol–water partition coefficient (Wildman–Crippen LogP) is 1.39. The number of rotatable bonds is 7. The maximum absolute atomic E-state index is 5.41. The molecule has 1 saturated heterocycles. The molecule has 6 nitrogen and oxygen atoms in total. The van der Waals surface area contributed by atoms with Crippen molar-refractivity contribution in [2.45, 2.75) is 20.4 Å². The molecule has 0 spiro atoms. The Balaban J connectivity index is 1.87. The van der Waals surface area contributed by atoms with Crippen LogP contribution in [0.2, 0.25) is 0 Å². The SMILES string of the molecule is CCNC(=NCC(C)CN1CCOCC1)N(C)Cc1cccn1C. The Morgan fingerprint density at radius 2 is 2.17 bits per heavy atom. The Kier molecular flexibility index (Phi) is 7.59. The summed E-state index contributed by atoms with van der Waals surface area (Å²) in [5.74, 6) is 1.52. The third-order valence-electron chi connectivity index (χ3n) is 4.37. The van der Waals surface area contributed by atoms with Crippen molar-refractivity contribution in [3.63, 3.8) is 0 Å². The maximum atomic E-state index is 5.41. The lowest BCUT2D eigenvalue weighted by atomic mass is 10.1. The number of aliphatic imine (C=N–C) groups is 1. The molecule has 0 aliphatic carbocycles. The number of hydrogen-bond acceptors (Lipinski definition) is 3. The van der Waals surface area contributed by atoms with E-state index in [-0.39, 0.29) is 0 Å². The molecule has 1 fully saturated rings. The fraction of sp³-hybridized carbons (Fsp3) is 0.722. The van der Waals surface area contributed by atoms with Gasteiger partial charge in [0.1, 0.15) is 0 Å². The Hall–Kier alpha value is -1.53. The second-order valence-corrected chi connectivity index (χ2v) is 6.68. The summed E-state index contributed by atoms with van der Waals surface area (Å²) in [6.45, 7) is 11.9. The van der Waals surface area contributed by atoms with E-state index in [1.54, 1.807) is 0 Å². The highest BCUT2D eigenvalue weighted by atomic mass is 16.5. The molecule has 136 valence electrons. The number of guanidine groups is 1. The average molecular weight is 335 g/mol. The summed E-state index contributed by atoms with van der Waals surface area (Å²) in [6, 6.07) is 4.23. The third kappa shape index (κ3) is 5.83. The van der Waals surface area contributed by atoms with E-state index < -0.39 is 0 Å². The first-order chi connectivity index (χ1) is 11.6. The highest BCUT2D eigenvalue weighted by Gasteiger charge is 2.14.